The first-order valence-electron chi connectivity index (χ1n) is 1.54. The molecule has 0 saturated carbocycles. The van der Waals surface area contributed by atoms with Crippen LogP contribution in [0.2, 0.25) is 0 Å². The molecule has 0 rings (SSSR count). The van der Waals surface area contributed by atoms with E-state index < -0.39 is 13.9 Å². The van der Waals surface area contributed by atoms with Crippen molar-refractivity contribution in [2.24, 2.45) is 11.5 Å². The average Bonchev–Trinajstić information content (AvgIpc) is 1.19. The summed E-state index contributed by atoms with van der Waals surface area (Å²) in [6.45, 7) is 0. The predicted molar refractivity (Wildman–Crippen MR) is 50.1 cm³/mol. The monoisotopic (exact) mass is 336 g/mol. The Kier molecular flexibility index (Phi) is 9.37. The van der Waals surface area contributed by atoms with E-state index >= 15 is 0 Å². The van der Waals surface area contributed by atoms with Gasteiger partial charge in [-0.1, -0.05) is 0 Å². The van der Waals surface area contributed by atoms with Gasteiger partial charge >= 0.3 is 49.6 Å². The molecule has 0 spiro atoms. The van der Waals surface area contributed by atoms with Crippen molar-refractivity contribution in [1.82, 2.24) is 0 Å². The van der Waals surface area contributed by atoms with Gasteiger partial charge in [0.1, 0.15) is 0 Å². The van der Waals surface area contributed by atoms with Gasteiger partial charge in [-0.15, -0.1) is 0 Å². The van der Waals surface area contributed by atoms with Crippen molar-refractivity contribution in [3.63, 3.8) is 0 Å². The van der Waals surface area contributed by atoms with Crippen LogP contribution < -0.4 is 11.5 Å². The molecule has 0 aliphatic heterocycles. The van der Waals surface area contributed by atoms with Crippen LogP contribution in [-0.2, 0) is 0 Å². The number of halogens is 4. The van der Waals surface area contributed by atoms with Crippen molar-refractivity contribution in [3.8, 4) is 0 Å². The number of nitrogens with two attached hydrogens (primary N) is 2. The molecule has 0 fully saturated rings. The normalized spacial score (nSPS) is 9.33. The molecule has 0 radical (unpaired) electrons. The second kappa shape index (κ2) is 6.36. The molecule has 0 saturated heterocycles. The van der Waals surface area contributed by atoms with Crippen LogP contribution in [0.3, 0.4) is 0 Å². The van der Waals surface area contributed by atoms with Gasteiger partial charge in [-0.2, -0.15) is 0 Å². The Hall–Kier alpha value is 1.65. The van der Waals surface area contributed by atoms with Gasteiger partial charge in [0, 0.05) is 0 Å². The first-order chi connectivity index (χ1) is 3.73. The van der Waals surface area contributed by atoms with Crippen molar-refractivity contribution in [2.45, 2.75) is 0 Å². The van der Waals surface area contributed by atoms with Crippen LogP contribution in [0.25, 0.3) is 0 Å². The fourth-order valence-electron chi connectivity index (χ4n) is 0. The third-order valence-corrected chi connectivity index (χ3v) is 0. The molecular weight excluding hydrogens is 333 g/mol. The Bertz CT molecular complexity index is 81.1. The second-order valence-electron chi connectivity index (χ2n) is 0.831. The molecule has 8 heteroatoms. The van der Waals surface area contributed by atoms with Gasteiger partial charge in [-0.05, 0) is 12.2 Å². The van der Waals surface area contributed by atoms with E-state index in [-0.39, 0.29) is 5.11 Å². The molecule has 0 aliphatic rings. The van der Waals surface area contributed by atoms with E-state index in [1.165, 1.54) is 0 Å². The van der Waals surface area contributed by atoms with Crippen LogP contribution >= 0.6 is 47.9 Å². The SMILES string of the molecule is NC(N)=S.[Cl][Sn]([Cl])([Cl])[Cl]. The van der Waals surface area contributed by atoms with Gasteiger partial charge in [0.05, 0.1) is 0 Å². The van der Waals surface area contributed by atoms with Gasteiger partial charge in [0.25, 0.3) is 0 Å². The maximum atomic E-state index is 5.04. The topological polar surface area (TPSA) is 52.0 Å². The first kappa shape index (κ1) is 13.3. The van der Waals surface area contributed by atoms with Gasteiger partial charge in [0.15, 0.2) is 5.11 Å². The number of hydrogen-bond donors (Lipinski definition) is 2. The van der Waals surface area contributed by atoms with E-state index in [0.29, 0.717) is 0 Å². The summed E-state index contributed by atoms with van der Waals surface area (Å²) in [5.41, 5.74) is 9.24. The van der Waals surface area contributed by atoms with E-state index in [9.17, 15) is 0 Å². The molecule has 0 aromatic rings. The molecule has 0 aromatic carbocycles. The second-order valence-corrected chi connectivity index (χ2v) is 26.7. The standard InChI is InChI=1S/CH4N2S.4ClH.Sn/c2-1(3)4;;;;;/h(H4,2,3,4);4*1H;/q;;;;;+4/p-4. The average molecular weight is 337 g/mol. The molecule has 0 amide bonds. The van der Waals surface area contributed by atoms with Crippen molar-refractivity contribution in [3.05, 3.63) is 0 Å². The van der Waals surface area contributed by atoms with Gasteiger partial charge in [-0.25, -0.2) is 0 Å². The molecule has 0 heterocycles. The Morgan fingerprint density at radius 1 is 1.11 bits per heavy atom. The predicted octanol–water partition coefficient (Wildman–Crippen LogP) is 1.57. The van der Waals surface area contributed by atoms with Crippen LogP contribution in [0.1, 0.15) is 0 Å². The summed E-state index contributed by atoms with van der Waals surface area (Å²) >= 11 is 0.801. The zero-order valence-corrected chi connectivity index (χ0v) is 10.8. The molecular formula is CH4Cl4N2SSn. The molecule has 4 N–H and O–H groups in total. The molecule has 0 bridgehead atoms. The maximum absolute atomic E-state index is 5.04. The van der Waals surface area contributed by atoms with E-state index in [4.69, 9.17) is 35.7 Å². The summed E-state index contributed by atoms with van der Waals surface area (Å²) in [5.74, 6) is 0. The molecule has 56 valence electrons. The minimum absolute atomic E-state index is 0.000000000000000222. The summed E-state index contributed by atoms with van der Waals surface area (Å²) < 4.78 is 0. The quantitative estimate of drug-likeness (QED) is 0.521. The third kappa shape index (κ3) is 208. The van der Waals surface area contributed by atoms with E-state index in [0.717, 1.165) is 0 Å². The summed E-state index contributed by atoms with van der Waals surface area (Å²) in [4.78, 5) is 0. The Morgan fingerprint density at radius 2 is 1.11 bits per heavy atom. The third-order valence-electron chi connectivity index (χ3n) is 0. The molecule has 0 atom stereocenters. The van der Waals surface area contributed by atoms with E-state index in [1.54, 1.807) is 0 Å². The fraction of sp³-hybridized carbons (Fsp3) is 0. The molecule has 0 aliphatic carbocycles. The summed E-state index contributed by atoms with van der Waals surface area (Å²) in [5, 5.41) is 0.000000000000000222. The van der Waals surface area contributed by atoms with Gasteiger partial charge in [-0.3, -0.25) is 0 Å². The van der Waals surface area contributed by atoms with E-state index in [2.05, 4.69) is 23.7 Å². The minimum atomic E-state index is -3.29. The Morgan fingerprint density at radius 3 is 1.11 bits per heavy atom. The zero-order chi connectivity index (χ0) is 8.08. The summed E-state index contributed by atoms with van der Waals surface area (Å²) in [6, 6.07) is 0. The number of thiocarbonyl (C=S) groups is 1. The van der Waals surface area contributed by atoms with Crippen LogP contribution in [0.15, 0.2) is 0 Å². The summed E-state index contributed by atoms with van der Waals surface area (Å²) in [6.07, 6.45) is 0. The van der Waals surface area contributed by atoms with Gasteiger partial charge in [0.2, 0.25) is 0 Å². The van der Waals surface area contributed by atoms with Crippen LogP contribution in [0.5, 0.6) is 0 Å². The number of rotatable bonds is 0. The van der Waals surface area contributed by atoms with Crippen molar-refractivity contribution < 1.29 is 0 Å². The molecule has 0 unspecified atom stereocenters. The van der Waals surface area contributed by atoms with Crippen molar-refractivity contribution in [1.29, 1.82) is 0 Å². The van der Waals surface area contributed by atoms with Crippen molar-refractivity contribution in [2.75, 3.05) is 0 Å². The van der Waals surface area contributed by atoms with Crippen molar-refractivity contribution >= 4 is 66.9 Å². The number of hydrogen-bond acceptors (Lipinski definition) is 1. The first-order valence-corrected chi connectivity index (χ1v) is 16.4. The van der Waals surface area contributed by atoms with Crippen LogP contribution in [0.4, 0.5) is 0 Å². The molecule has 9 heavy (non-hydrogen) atoms. The molecule has 0 aromatic heterocycles. The zero-order valence-electron chi connectivity index (χ0n) is 4.07. The Labute approximate surface area is 77.5 Å². The summed E-state index contributed by atoms with van der Waals surface area (Å²) in [7, 11) is 20.1. The Balaban J connectivity index is 0. The van der Waals surface area contributed by atoms with Crippen LogP contribution in [-0.4, -0.2) is 19.0 Å². The fourth-order valence-corrected chi connectivity index (χ4v) is 0. The van der Waals surface area contributed by atoms with Crippen LogP contribution in [0, 0.1) is 0 Å². The molecule has 2 nitrogen and oxygen atoms in total. The van der Waals surface area contributed by atoms with E-state index in [1.807, 2.05) is 0 Å². The van der Waals surface area contributed by atoms with Gasteiger partial charge < -0.3 is 11.5 Å².